The number of aliphatic carboxylic acids is 1. The number of nitrogens with one attached hydrogen (secondary N) is 1. The number of carboxylic acids is 1. The average molecular weight is 568 g/mol. The zero-order chi connectivity index (χ0) is 28.6. The van der Waals surface area contributed by atoms with Gasteiger partial charge in [0.2, 0.25) is 5.91 Å². The van der Waals surface area contributed by atoms with Gasteiger partial charge in [0.05, 0.1) is 29.5 Å². The number of hydrogen-bond acceptors (Lipinski definition) is 8. The number of carbonyl (C=O) groups is 5. The lowest BCUT2D eigenvalue weighted by Gasteiger charge is -2.27. The number of benzene rings is 2. The molecule has 3 amide bonds. The van der Waals surface area contributed by atoms with Gasteiger partial charge in [-0.1, -0.05) is 43.5 Å². The third-order valence-corrected chi connectivity index (χ3v) is 8.05. The minimum Gasteiger partial charge on any atom is -0.480 e. The maximum absolute atomic E-state index is 13.4. The van der Waals surface area contributed by atoms with Crippen molar-refractivity contribution in [3.05, 3.63) is 59.7 Å². The Kier molecular flexibility index (Phi) is 9.94. The van der Waals surface area contributed by atoms with E-state index in [0.717, 1.165) is 17.7 Å². The third kappa shape index (κ3) is 6.71. The molecule has 2 aromatic rings. The van der Waals surface area contributed by atoms with Gasteiger partial charge in [0.25, 0.3) is 11.8 Å². The van der Waals surface area contributed by atoms with Gasteiger partial charge in [0.15, 0.2) is 0 Å². The Labute approximate surface area is 237 Å². The van der Waals surface area contributed by atoms with Crippen LogP contribution >= 0.6 is 11.8 Å². The lowest BCUT2D eigenvalue weighted by Crippen LogP contribution is -2.54. The van der Waals surface area contributed by atoms with Crippen molar-refractivity contribution in [1.29, 1.82) is 0 Å². The second-order valence-corrected chi connectivity index (χ2v) is 10.7. The van der Waals surface area contributed by atoms with E-state index in [4.69, 9.17) is 4.74 Å². The number of para-hydroxylation sites is 1. The number of rotatable bonds is 13. The Balaban J connectivity index is 1.31. The van der Waals surface area contributed by atoms with E-state index in [-0.39, 0.29) is 18.4 Å². The molecule has 11 heteroatoms. The summed E-state index contributed by atoms with van der Waals surface area (Å²) < 4.78 is 5.26. The highest BCUT2D eigenvalue weighted by molar-refractivity contribution is 7.99. The minimum atomic E-state index is -1.13. The van der Waals surface area contributed by atoms with E-state index in [1.807, 2.05) is 12.1 Å². The van der Waals surface area contributed by atoms with Crippen LogP contribution in [0.25, 0.3) is 0 Å². The van der Waals surface area contributed by atoms with Crippen LogP contribution in [0, 0.1) is 0 Å². The summed E-state index contributed by atoms with van der Waals surface area (Å²) in [5.74, 6) is -2.19. The van der Waals surface area contributed by atoms with Crippen LogP contribution in [0.1, 0.15) is 59.7 Å². The summed E-state index contributed by atoms with van der Waals surface area (Å²) in [6, 6.07) is 12.4. The van der Waals surface area contributed by atoms with Crippen molar-refractivity contribution in [3.8, 4) is 0 Å². The molecular weight excluding hydrogens is 534 g/mol. The Morgan fingerprint density at radius 2 is 1.62 bits per heavy atom. The van der Waals surface area contributed by atoms with Gasteiger partial charge in [-0.2, -0.15) is 0 Å². The summed E-state index contributed by atoms with van der Waals surface area (Å²) >= 11 is 1.43. The van der Waals surface area contributed by atoms with Gasteiger partial charge >= 0.3 is 11.9 Å². The number of ether oxygens (including phenoxy) is 1. The topological polar surface area (TPSA) is 133 Å². The van der Waals surface area contributed by atoms with E-state index in [1.165, 1.54) is 21.6 Å². The van der Waals surface area contributed by atoms with Crippen molar-refractivity contribution in [3.63, 3.8) is 0 Å². The molecule has 2 heterocycles. The molecule has 10 nitrogen and oxygen atoms in total. The van der Waals surface area contributed by atoms with Crippen LogP contribution in [-0.2, 0) is 19.1 Å². The molecule has 40 heavy (non-hydrogen) atoms. The predicted molar refractivity (Wildman–Crippen MR) is 149 cm³/mol. The molecule has 0 saturated heterocycles. The smallest absolute Gasteiger partial charge is 0.323 e. The molecular formula is C29H33N3O7S. The van der Waals surface area contributed by atoms with E-state index in [1.54, 1.807) is 43.3 Å². The Morgan fingerprint density at radius 3 is 2.30 bits per heavy atom. The van der Waals surface area contributed by atoms with Gasteiger partial charge < -0.3 is 9.84 Å². The maximum atomic E-state index is 13.4. The molecule has 2 aromatic carbocycles. The predicted octanol–water partition coefficient (Wildman–Crippen LogP) is 3.35. The van der Waals surface area contributed by atoms with Gasteiger partial charge in [-0.05, 0) is 44.0 Å². The average Bonchev–Trinajstić information content (AvgIpc) is 3.11. The molecule has 0 bridgehead atoms. The molecule has 2 N–H and O–H groups in total. The fraction of sp³-hybridized carbons (Fsp3) is 0.414. The monoisotopic (exact) mass is 567 g/mol. The van der Waals surface area contributed by atoms with Crippen molar-refractivity contribution in [2.75, 3.05) is 30.3 Å². The molecule has 0 aromatic heterocycles. The summed E-state index contributed by atoms with van der Waals surface area (Å²) in [7, 11) is 0. The number of carboxylic acid groups (broad SMARTS) is 1. The summed E-state index contributed by atoms with van der Waals surface area (Å²) in [5, 5.41) is 12.6. The van der Waals surface area contributed by atoms with Gasteiger partial charge in [-0.3, -0.25) is 39.1 Å². The lowest BCUT2D eigenvalue weighted by molar-refractivity contribution is -0.146. The van der Waals surface area contributed by atoms with Crippen molar-refractivity contribution < 1.29 is 33.8 Å². The highest BCUT2D eigenvalue weighted by Gasteiger charge is 2.36. The SMILES string of the molecule is CCOC(=O)[C@H](CCCCCCN1C(=O)c2ccccc2C1=O)N[C@H]1CSc2ccccc2N(CC(=O)O)C1=O. The minimum absolute atomic E-state index is 0.196. The molecule has 2 aliphatic rings. The van der Waals surface area contributed by atoms with Crippen molar-refractivity contribution in [2.24, 2.45) is 0 Å². The van der Waals surface area contributed by atoms with Gasteiger partial charge in [0.1, 0.15) is 12.6 Å². The van der Waals surface area contributed by atoms with Crippen LogP contribution < -0.4 is 10.2 Å². The molecule has 0 aliphatic carbocycles. The van der Waals surface area contributed by atoms with Crippen LogP contribution in [0.2, 0.25) is 0 Å². The van der Waals surface area contributed by atoms with E-state index in [2.05, 4.69) is 5.32 Å². The molecule has 212 valence electrons. The van der Waals surface area contributed by atoms with Crippen LogP contribution in [-0.4, -0.2) is 77.2 Å². The number of hydrogen-bond donors (Lipinski definition) is 2. The first-order chi connectivity index (χ1) is 19.3. The normalized spacial score (nSPS) is 17.3. The second kappa shape index (κ2) is 13.6. The number of carbonyl (C=O) groups excluding carboxylic acids is 4. The summed E-state index contributed by atoms with van der Waals surface area (Å²) in [6.07, 6.45) is 3.23. The van der Waals surface area contributed by atoms with Gasteiger partial charge in [-0.15, -0.1) is 11.8 Å². The fourth-order valence-corrected chi connectivity index (χ4v) is 6.03. The molecule has 4 rings (SSSR count). The highest BCUT2D eigenvalue weighted by atomic mass is 32.2. The molecule has 0 unspecified atom stereocenters. The second-order valence-electron chi connectivity index (χ2n) is 9.63. The number of nitrogens with zero attached hydrogens (tertiary/aromatic N) is 2. The first-order valence-electron chi connectivity index (χ1n) is 13.4. The molecule has 2 atom stereocenters. The number of imide groups is 1. The summed E-state index contributed by atoms with van der Waals surface area (Å²) in [5.41, 5.74) is 1.41. The number of amides is 3. The van der Waals surface area contributed by atoms with E-state index in [9.17, 15) is 29.1 Å². The van der Waals surface area contributed by atoms with E-state index >= 15 is 0 Å². The van der Waals surface area contributed by atoms with Crippen molar-refractivity contribution in [1.82, 2.24) is 10.2 Å². The summed E-state index contributed by atoms with van der Waals surface area (Å²) in [6.45, 7) is 1.76. The molecule has 0 spiro atoms. The number of unbranched alkanes of at least 4 members (excludes halogenated alkanes) is 3. The molecule has 0 saturated carbocycles. The largest absolute Gasteiger partial charge is 0.480 e. The Hall–Kier alpha value is -3.70. The van der Waals surface area contributed by atoms with Crippen LogP contribution in [0.4, 0.5) is 5.69 Å². The van der Waals surface area contributed by atoms with Crippen molar-refractivity contribution in [2.45, 2.75) is 56.0 Å². The first-order valence-corrected chi connectivity index (χ1v) is 14.4. The third-order valence-electron chi connectivity index (χ3n) is 6.90. The zero-order valence-electron chi connectivity index (χ0n) is 22.3. The zero-order valence-corrected chi connectivity index (χ0v) is 23.2. The highest BCUT2D eigenvalue weighted by Crippen LogP contribution is 2.34. The van der Waals surface area contributed by atoms with Gasteiger partial charge in [0, 0.05) is 17.2 Å². The molecule has 0 fully saturated rings. The number of thioether (sulfide) groups is 1. The molecule has 2 aliphatic heterocycles. The van der Waals surface area contributed by atoms with Crippen molar-refractivity contribution >= 4 is 47.1 Å². The standard InChI is InChI=1S/C29H33N3O7S/c1-2-39-29(38)21(13-5-3-4-10-16-31-26(35)19-11-6-7-12-20(19)27(31)36)30-22-18-40-24-15-9-8-14-23(24)32(28(22)37)17-25(33)34/h6-9,11-12,14-15,21-22,30H,2-5,10,13,16-18H2,1H3,(H,33,34)/t21-,22-/m0/s1. The number of anilines is 1. The lowest BCUT2D eigenvalue weighted by atomic mass is 10.1. The Morgan fingerprint density at radius 1 is 0.975 bits per heavy atom. The van der Waals surface area contributed by atoms with Crippen LogP contribution in [0.3, 0.4) is 0 Å². The van der Waals surface area contributed by atoms with E-state index < -0.39 is 36.5 Å². The number of esters is 1. The maximum Gasteiger partial charge on any atom is 0.323 e. The quantitative estimate of drug-likeness (QED) is 0.212. The first kappa shape index (κ1) is 29.3. The summed E-state index contributed by atoms with van der Waals surface area (Å²) in [4.78, 5) is 66.1. The van der Waals surface area contributed by atoms with Gasteiger partial charge in [-0.25, -0.2) is 0 Å². The van der Waals surface area contributed by atoms with Crippen LogP contribution in [0.15, 0.2) is 53.4 Å². The van der Waals surface area contributed by atoms with Crippen LogP contribution in [0.5, 0.6) is 0 Å². The fourth-order valence-electron chi connectivity index (χ4n) is 4.94. The van der Waals surface area contributed by atoms with E-state index in [0.29, 0.717) is 48.4 Å². The Bertz CT molecular complexity index is 1250. The number of fused-ring (bicyclic) bond motifs is 2. The molecule has 0 radical (unpaired) electrons.